The number of fused-ring (bicyclic) bond motifs is 1. The maximum atomic E-state index is 10.8. The van der Waals surface area contributed by atoms with Gasteiger partial charge in [0.05, 0.1) is 12.3 Å². The normalized spacial score (nSPS) is 22.0. The van der Waals surface area contributed by atoms with Crippen molar-refractivity contribution >= 4 is 22.6 Å². The summed E-state index contributed by atoms with van der Waals surface area (Å²) >= 11 is 0. The Kier molecular flexibility index (Phi) is 3.47. The number of ether oxygens (including phenoxy) is 1. The Balaban J connectivity index is 1.67. The lowest BCUT2D eigenvalue weighted by atomic mass is 10.2. The molecular formula is C14H15N3O3. The molecule has 3 rings (SSSR count). The number of aromatic nitrogens is 2. The molecule has 2 heterocycles. The molecule has 6 nitrogen and oxygen atoms in total. The van der Waals surface area contributed by atoms with Crippen LogP contribution in [-0.2, 0) is 9.53 Å². The van der Waals surface area contributed by atoms with E-state index in [-0.39, 0.29) is 6.10 Å². The highest BCUT2D eigenvalue weighted by molar-refractivity contribution is 5.90. The highest BCUT2D eigenvalue weighted by atomic mass is 16.5. The Morgan fingerprint density at radius 1 is 1.40 bits per heavy atom. The van der Waals surface area contributed by atoms with Crippen LogP contribution in [-0.4, -0.2) is 40.0 Å². The van der Waals surface area contributed by atoms with Crippen LogP contribution < -0.4 is 5.32 Å². The molecule has 6 heteroatoms. The van der Waals surface area contributed by atoms with Crippen LogP contribution in [0.15, 0.2) is 30.5 Å². The first kappa shape index (κ1) is 12.8. The van der Waals surface area contributed by atoms with E-state index >= 15 is 0 Å². The highest BCUT2D eigenvalue weighted by Crippen LogP contribution is 2.22. The first-order valence-corrected chi connectivity index (χ1v) is 6.56. The van der Waals surface area contributed by atoms with E-state index in [0.717, 1.165) is 17.2 Å². The predicted octanol–water partition coefficient (Wildman–Crippen LogP) is 1.67. The van der Waals surface area contributed by atoms with Gasteiger partial charge >= 0.3 is 5.97 Å². The maximum Gasteiger partial charge on any atom is 0.332 e. The zero-order valence-electron chi connectivity index (χ0n) is 10.8. The summed E-state index contributed by atoms with van der Waals surface area (Å²) in [4.78, 5) is 10.8. The summed E-state index contributed by atoms with van der Waals surface area (Å²) in [5.41, 5.74) is 0. The fourth-order valence-corrected chi connectivity index (χ4v) is 2.41. The van der Waals surface area contributed by atoms with E-state index in [0.29, 0.717) is 18.8 Å². The predicted molar refractivity (Wildman–Crippen MR) is 73.6 cm³/mol. The standard InChI is InChI=1S/C14H15N3O3/c18-14(19)12-6-5-10(20-12)8-15-13-11-4-2-1-3-9(11)7-16-17-13/h1-4,7,10,12H,5-6,8H2,(H,15,17)(H,18,19). The van der Waals surface area contributed by atoms with Gasteiger partial charge in [0, 0.05) is 17.3 Å². The molecule has 104 valence electrons. The summed E-state index contributed by atoms with van der Waals surface area (Å²) in [5.74, 6) is -0.192. The lowest BCUT2D eigenvalue weighted by Gasteiger charge is -2.13. The molecule has 0 spiro atoms. The quantitative estimate of drug-likeness (QED) is 0.881. The summed E-state index contributed by atoms with van der Waals surface area (Å²) in [6.45, 7) is 0.534. The maximum absolute atomic E-state index is 10.8. The highest BCUT2D eigenvalue weighted by Gasteiger charge is 2.30. The summed E-state index contributed by atoms with van der Waals surface area (Å²) in [7, 11) is 0. The minimum absolute atomic E-state index is 0.100. The van der Waals surface area contributed by atoms with Gasteiger partial charge in [0.2, 0.25) is 0 Å². The lowest BCUT2D eigenvalue weighted by molar-refractivity contribution is -0.149. The van der Waals surface area contributed by atoms with E-state index < -0.39 is 12.1 Å². The van der Waals surface area contributed by atoms with Gasteiger partial charge in [-0.1, -0.05) is 24.3 Å². The molecule has 0 aliphatic carbocycles. The average molecular weight is 273 g/mol. The van der Waals surface area contributed by atoms with Gasteiger partial charge in [-0.05, 0) is 12.8 Å². The van der Waals surface area contributed by atoms with E-state index in [2.05, 4.69) is 15.5 Å². The Morgan fingerprint density at radius 2 is 2.25 bits per heavy atom. The van der Waals surface area contributed by atoms with Crippen molar-refractivity contribution in [3.63, 3.8) is 0 Å². The van der Waals surface area contributed by atoms with Crippen molar-refractivity contribution in [3.8, 4) is 0 Å². The molecule has 2 atom stereocenters. The number of benzene rings is 1. The molecular weight excluding hydrogens is 258 g/mol. The Morgan fingerprint density at radius 3 is 3.05 bits per heavy atom. The molecule has 20 heavy (non-hydrogen) atoms. The second kappa shape index (κ2) is 5.42. The first-order valence-electron chi connectivity index (χ1n) is 6.56. The Hall–Kier alpha value is -2.21. The van der Waals surface area contributed by atoms with Crippen molar-refractivity contribution in [2.75, 3.05) is 11.9 Å². The number of aliphatic carboxylic acids is 1. The molecule has 2 N–H and O–H groups in total. The summed E-state index contributed by atoms with van der Waals surface area (Å²) < 4.78 is 5.45. The molecule has 0 saturated carbocycles. The van der Waals surface area contributed by atoms with Gasteiger partial charge in [-0.2, -0.15) is 5.10 Å². The summed E-state index contributed by atoms with van der Waals surface area (Å²) in [6, 6.07) is 7.84. The zero-order chi connectivity index (χ0) is 13.9. The van der Waals surface area contributed by atoms with Crippen molar-refractivity contribution in [2.24, 2.45) is 0 Å². The first-order chi connectivity index (χ1) is 9.74. The Labute approximate surface area is 115 Å². The molecule has 0 amide bonds. The smallest absolute Gasteiger partial charge is 0.332 e. The van der Waals surface area contributed by atoms with Gasteiger partial charge in [-0.3, -0.25) is 0 Å². The number of carbonyl (C=O) groups is 1. The van der Waals surface area contributed by atoms with E-state index in [1.54, 1.807) is 6.20 Å². The number of rotatable bonds is 4. The topological polar surface area (TPSA) is 84.3 Å². The molecule has 1 aromatic carbocycles. The molecule has 1 aromatic heterocycles. The van der Waals surface area contributed by atoms with Crippen LogP contribution in [0.5, 0.6) is 0 Å². The number of anilines is 1. The summed E-state index contributed by atoms with van der Waals surface area (Å²) in [6.07, 6.45) is 2.23. The number of nitrogens with zero attached hydrogens (tertiary/aromatic N) is 2. The number of carboxylic acid groups (broad SMARTS) is 1. The van der Waals surface area contributed by atoms with E-state index in [1.165, 1.54) is 0 Å². The van der Waals surface area contributed by atoms with Crippen molar-refractivity contribution in [1.29, 1.82) is 0 Å². The third kappa shape index (κ3) is 2.55. The Bertz CT molecular complexity index is 627. The molecule has 1 aliphatic rings. The second-order valence-electron chi connectivity index (χ2n) is 4.82. The lowest BCUT2D eigenvalue weighted by Crippen LogP contribution is -2.24. The van der Waals surface area contributed by atoms with Gasteiger partial charge in [0.25, 0.3) is 0 Å². The SMILES string of the molecule is O=C(O)C1CCC(CNc2nncc3ccccc23)O1. The molecule has 1 fully saturated rings. The fraction of sp³-hybridized carbons (Fsp3) is 0.357. The van der Waals surface area contributed by atoms with Crippen molar-refractivity contribution in [2.45, 2.75) is 25.0 Å². The monoisotopic (exact) mass is 273 g/mol. The molecule has 2 aromatic rings. The minimum Gasteiger partial charge on any atom is -0.479 e. The van der Waals surface area contributed by atoms with Gasteiger partial charge in [0.15, 0.2) is 11.9 Å². The van der Waals surface area contributed by atoms with E-state index in [4.69, 9.17) is 9.84 Å². The van der Waals surface area contributed by atoms with Crippen molar-refractivity contribution in [1.82, 2.24) is 10.2 Å². The molecule has 1 saturated heterocycles. The molecule has 1 aliphatic heterocycles. The zero-order valence-corrected chi connectivity index (χ0v) is 10.8. The van der Waals surface area contributed by atoms with Gasteiger partial charge in [-0.15, -0.1) is 5.10 Å². The number of nitrogens with one attached hydrogen (secondary N) is 1. The van der Waals surface area contributed by atoms with E-state index in [1.807, 2.05) is 24.3 Å². The number of hydrogen-bond acceptors (Lipinski definition) is 5. The van der Waals surface area contributed by atoms with Crippen LogP contribution in [0.3, 0.4) is 0 Å². The number of hydrogen-bond donors (Lipinski definition) is 2. The molecule has 2 unspecified atom stereocenters. The largest absolute Gasteiger partial charge is 0.479 e. The second-order valence-corrected chi connectivity index (χ2v) is 4.82. The van der Waals surface area contributed by atoms with Crippen LogP contribution in [0.4, 0.5) is 5.82 Å². The van der Waals surface area contributed by atoms with Crippen LogP contribution in [0.2, 0.25) is 0 Å². The third-order valence-corrected chi connectivity index (χ3v) is 3.45. The number of carboxylic acids is 1. The van der Waals surface area contributed by atoms with Gasteiger partial charge < -0.3 is 15.2 Å². The molecule has 0 radical (unpaired) electrons. The van der Waals surface area contributed by atoms with E-state index in [9.17, 15) is 4.79 Å². The van der Waals surface area contributed by atoms with Crippen LogP contribution in [0.25, 0.3) is 10.8 Å². The molecule has 0 bridgehead atoms. The van der Waals surface area contributed by atoms with Gasteiger partial charge in [0.1, 0.15) is 0 Å². The summed E-state index contributed by atoms with van der Waals surface area (Å²) in [5, 5.41) is 22.1. The van der Waals surface area contributed by atoms with Gasteiger partial charge in [-0.25, -0.2) is 4.79 Å². The third-order valence-electron chi connectivity index (χ3n) is 3.45. The minimum atomic E-state index is -0.891. The van der Waals surface area contributed by atoms with Crippen LogP contribution >= 0.6 is 0 Å². The average Bonchev–Trinajstić information content (AvgIpc) is 2.94. The van der Waals surface area contributed by atoms with Crippen LogP contribution in [0.1, 0.15) is 12.8 Å². The van der Waals surface area contributed by atoms with Crippen LogP contribution in [0, 0.1) is 0 Å². The fourth-order valence-electron chi connectivity index (χ4n) is 2.41. The van der Waals surface area contributed by atoms with Crippen molar-refractivity contribution < 1.29 is 14.6 Å². The van der Waals surface area contributed by atoms with Crippen molar-refractivity contribution in [3.05, 3.63) is 30.5 Å².